The van der Waals surface area contributed by atoms with Gasteiger partial charge in [0, 0.05) is 0 Å². The van der Waals surface area contributed by atoms with Crippen LogP contribution in [0.5, 0.6) is 0 Å². The Labute approximate surface area is 508 Å². The molecule has 11 rings (SSSR count). The summed E-state index contributed by atoms with van der Waals surface area (Å²) in [5.74, 6) is 0. The molecule has 82 heavy (non-hydrogen) atoms. The number of hydrogen-bond acceptors (Lipinski definition) is 0. The fourth-order valence-corrected chi connectivity index (χ4v) is 47.4. The third kappa shape index (κ3) is 10.3. The van der Waals surface area contributed by atoms with E-state index in [0.717, 1.165) is 0 Å². The van der Waals surface area contributed by atoms with E-state index in [1.54, 1.807) is 0 Å². The third-order valence-electron chi connectivity index (χ3n) is 18.6. The average Bonchev–Trinajstić information content (AvgIpc) is 1.44. The summed E-state index contributed by atoms with van der Waals surface area (Å²) in [6.07, 6.45) is 5.26. The fraction of sp³-hybridized carbons (Fsp3) is 0.297. The predicted molar refractivity (Wildman–Crippen MR) is 378 cm³/mol. The molecule has 2 atom stereocenters. The van der Waals surface area contributed by atoms with Crippen LogP contribution in [0, 0.1) is 10.8 Å². The van der Waals surface area contributed by atoms with E-state index in [1.165, 1.54) is 123 Å². The number of benzene rings is 8. The molecule has 0 bridgehead atoms. The minimum absolute atomic E-state index is 0.253. The minimum atomic E-state index is -6.14. The summed E-state index contributed by atoms with van der Waals surface area (Å²) in [4.78, 5) is 0. The van der Waals surface area contributed by atoms with Crippen LogP contribution >= 0.6 is 17.0 Å². The molecule has 3 aliphatic rings. The Bertz CT molecular complexity index is 3670. The van der Waals surface area contributed by atoms with Crippen molar-refractivity contribution in [1.29, 1.82) is 0 Å². The Morgan fingerprint density at radius 3 is 1.12 bits per heavy atom. The SMILES string of the molecule is CC(C)(C)C1=Cc2c(ccc(-c3ccccc3)c2-c2cc([Si](C)(C)C)cc([Si](C)(C)C)c2)[CH]1[Zr]([Cl])([Cl])([c]1cccc2c1[SiH2]c1ccccc1-2)[CH]1C(C(C)(C)C)=Cc2c1ccc(-c1ccccc1)c2-c1cc([Si](C)(C)C)cc([Si](C)(C)C)c1. The first-order valence-electron chi connectivity index (χ1n) is 30.2. The van der Waals surface area contributed by atoms with E-state index in [2.05, 4.69) is 296 Å². The van der Waals surface area contributed by atoms with Gasteiger partial charge < -0.3 is 0 Å². The van der Waals surface area contributed by atoms with Gasteiger partial charge >= 0.3 is 513 Å². The van der Waals surface area contributed by atoms with Crippen LogP contribution in [0.4, 0.5) is 0 Å². The second kappa shape index (κ2) is 20.5. The summed E-state index contributed by atoms with van der Waals surface area (Å²) in [7, 11) is 11.8. The topological polar surface area (TPSA) is 0 Å². The quantitative estimate of drug-likeness (QED) is 0.113. The molecule has 2 aliphatic carbocycles. The fourth-order valence-electron chi connectivity index (χ4n) is 14.0. The van der Waals surface area contributed by atoms with Crippen LogP contribution in [0.3, 0.4) is 0 Å². The van der Waals surface area contributed by atoms with Crippen molar-refractivity contribution >= 4 is 105 Å². The molecule has 0 aromatic heterocycles. The van der Waals surface area contributed by atoms with Gasteiger partial charge in [0.2, 0.25) is 0 Å². The second-order valence-corrected chi connectivity index (χ2v) is 73.4. The van der Waals surface area contributed by atoms with Crippen molar-refractivity contribution in [2.45, 2.75) is 127 Å². The predicted octanol–water partition coefficient (Wildman–Crippen LogP) is 17.6. The van der Waals surface area contributed by atoms with Gasteiger partial charge in [0.05, 0.1) is 0 Å². The van der Waals surface area contributed by atoms with Crippen LogP contribution in [0.2, 0.25) is 78.6 Å². The van der Waals surface area contributed by atoms with Gasteiger partial charge in [0.15, 0.2) is 0 Å². The normalized spacial score (nSPS) is 17.2. The zero-order chi connectivity index (χ0) is 59.1. The molecule has 0 amide bonds. The first kappa shape index (κ1) is 59.5. The molecule has 0 saturated heterocycles. The zero-order valence-electron chi connectivity index (χ0n) is 52.4. The van der Waals surface area contributed by atoms with Crippen molar-refractivity contribution < 1.29 is 16.4 Å². The zero-order valence-corrected chi connectivity index (χ0v) is 61.7. The Morgan fingerprint density at radius 1 is 0.378 bits per heavy atom. The van der Waals surface area contributed by atoms with E-state index in [4.69, 9.17) is 0 Å². The summed E-state index contributed by atoms with van der Waals surface area (Å²) in [5, 5.41) is 8.99. The summed E-state index contributed by atoms with van der Waals surface area (Å²) in [6.45, 7) is 44.7. The summed E-state index contributed by atoms with van der Waals surface area (Å²) in [5.41, 5.74) is 20.2. The van der Waals surface area contributed by atoms with E-state index in [9.17, 15) is 17.0 Å². The summed E-state index contributed by atoms with van der Waals surface area (Å²) in [6, 6.07) is 64.1. The van der Waals surface area contributed by atoms with Crippen molar-refractivity contribution in [3.8, 4) is 55.6 Å². The van der Waals surface area contributed by atoms with Gasteiger partial charge in [-0.1, -0.05) is 0 Å². The van der Waals surface area contributed by atoms with Crippen molar-refractivity contribution in [3.63, 3.8) is 0 Å². The third-order valence-corrected chi connectivity index (χ3v) is 49.2. The molecule has 0 radical (unpaired) electrons. The maximum absolute atomic E-state index is 10.0. The van der Waals surface area contributed by atoms with Gasteiger partial charge in [-0.25, -0.2) is 0 Å². The number of hydrogen-bond donors (Lipinski definition) is 0. The van der Waals surface area contributed by atoms with Gasteiger partial charge in [-0.15, -0.1) is 0 Å². The molecule has 0 spiro atoms. The Balaban J connectivity index is 1.31. The molecule has 0 N–H and O–H groups in total. The average molecular weight is 1280 g/mol. The molecule has 0 fully saturated rings. The van der Waals surface area contributed by atoms with Crippen LogP contribution in [-0.2, 0) is 16.4 Å². The van der Waals surface area contributed by atoms with Gasteiger partial charge in [0.1, 0.15) is 0 Å². The number of halogens is 2. The van der Waals surface area contributed by atoms with E-state index in [0.29, 0.717) is 0 Å². The molecular weight excluding hydrogens is 1190 g/mol. The summed E-state index contributed by atoms with van der Waals surface area (Å²) >= 11 is -6.14. The van der Waals surface area contributed by atoms with Crippen molar-refractivity contribution in [2.24, 2.45) is 10.8 Å². The van der Waals surface area contributed by atoms with Crippen LogP contribution in [0.15, 0.2) is 175 Å². The van der Waals surface area contributed by atoms with Crippen molar-refractivity contribution in [3.05, 3.63) is 197 Å². The first-order chi connectivity index (χ1) is 38.1. The van der Waals surface area contributed by atoms with E-state index in [1.807, 2.05) is 0 Å². The van der Waals surface area contributed by atoms with Gasteiger partial charge in [-0.3, -0.25) is 0 Å². The molecule has 1 aliphatic heterocycles. The Hall–Kier alpha value is -4.21. The molecular formula is C74H87Cl2Si5Zr. The van der Waals surface area contributed by atoms with E-state index >= 15 is 0 Å². The van der Waals surface area contributed by atoms with Crippen LogP contribution in [-0.4, -0.2) is 41.8 Å². The second-order valence-electron chi connectivity index (χ2n) is 30.7. The van der Waals surface area contributed by atoms with Crippen LogP contribution in [0.25, 0.3) is 67.8 Å². The van der Waals surface area contributed by atoms with Gasteiger partial charge in [0.25, 0.3) is 0 Å². The Kier molecular flexibility index (Phi) is 14.9. The molecule has 2 unspecified atom stereocenters. The van der Waals surface area contributed by atoms with Crippen LogP contribution in [0.1, 0.15) is 71.0 Å². The van der Waals surface area contributed by atoms with E-state index < -0.39 is 58.2 Å². The molecule has 0 saturated carbocycles. The molecule has 1 heterocycles. The molecule has 8 aromatic rings. The monoisotopic (exact) mass is 1280 g/mol. The number of rotatable bonds is 11. The van der Waals surface area contributed by atoms with Crippen LogP contribution < -0.4 is 34.4 Å². The van der Waals surface area contributed by atoms with Crippen molar-refractivity contribution in [2.75, 3.05) is 0 Å². The molecule has 421 valence electrons. The van der Waals surface area contributed by atoms with E-state index in [-0.39, 0.29) is 18.1 Å². The van der Waals surface area contributed by atoms with Crippen molar-refractivity contribution in [1.82, 2.24) is 0 Å². The number of fused-ring (bicyclic) bond motifs is 5. The molecule has 8 heteroatoms. The van der Waals surface area contributed by atoms with Gasteiger partial charge in [-0.2, -0.15) is 0 Å². The molecule has 0 nitrogen and oxygen atoms in total. The van der Waals surface area contributed by atoms with Gasteiger partial charge in [-0.05, 0) is 0 Å². The first-order valence-corrected chi connectivity index (χ1v) is 56.0. The summed E-state index contributed by atoms with van der Waals surface area (Å²) < 4.78 is 0.769. The Morgan fingerprint density at radius 2 is 0.744 bits per heavy atom. The maximum atomic E-state index is 10.0. The number of allylic oxidation sites excluding steroid dienone is 2. The molecule has 8 aromatic carbocycles. The standard InChI is InChI=1S/2C31H39Si2.C12H9Si.2ClH.Zr/c2*1-31(2,3)25-17-23-15-16-28(22-13-11-10-12-14-22)30(29(23)20-25)24-18-26(32(4,5)6)21-27(19-24)33(7,8)9;1-3-7-11-9(5-1)10-6-2-4-8-12(10)13-11;;;/h2*10-21H,1-9H3;1-7H,13H2;2*1H;/q;;;;;+2/p-2.